The maximum atomic E-state index is 11.4. The number of halogens is 1. The fourth-order valence-electron chi connectivity index (χ4n) is 1.27. The number of hydrogen-bond donors (Lipinski definition) is 1. The fraction of sp³-hybridized carbons (Fsp3) is 0.556. The highest BCUT2D eigenvalue weighted by Gasteiger charge is 2.35. The molecular formula is C9H13ClN2O2. The van der Waals surface area contributed by atoms with E-state index in [0.717, 1.165) is 4.90 Å². The third kappa shape index (κ3) is 2.56. The van der Waals surface area contributed by atoms with E-state index < -0.39 is 0 Å². The molecule has 1 aliphatic heterocycles. The molecule has 0 aliphatic carbocycles. The zero-order valence-electron chi connectivity index (χ0n) is 8.00. The van der Waals surface area contributed by atoms with E-state index in [0.29, 0.717) is 12.4 Å². The van der Waals surface area contributed by atoms with Gasteiger partial charge in [0.05, 0.1) is 12.5 Å². The van der Waals surface area contributed by atoms with Crippen LogP contribution in [0.5, 0.6) is 0 Å². The van der Waals surface area contributed by atoms with Crippen LogP contribution < -0.4 is 5.32 Å². The van der Waals surface area contributed by atoms with E-state index in [1.165, 1.54) is 7.05 Å². The smallest absolute Gasteiger partial charge is 0.246 e. The Kier molecular flexibility index (Phi) is 4.10. The molecule has 1 aliphatic rings. The van der Waals surface area contributed by atoms with E-state index >= 15 is 0 Å². The fourth-order valence-corrected chi connectivity index (χ4v) is 1.40. The second kappa shape index (κ2) is 5.12. The normalized spacial score (nSPS) is 22.7. The first-order chi connectivity index (χ1) is 6.66. The van der Waals surface area contributed by atoms with Gasteiger partial charge in [0.15, 0.2) is 0 Å². The van der Waals surface area contributed by atoms with Crippen molar-refractivity contribution in [2.45, 2.75) is 12.5 Å². The van der Waals surface area contributed by atoms with Crippen molar-refractivity contribution >= 4 is 23.4 Å². The summed E-state index contributed by atoms with van der Waals surface area (Å²) in [5.41, 5.74) is 0. The van der Waals surface area contributed by atoms with Gasteiger partial charge in [-0.2, -0.15) is 0 Å². The number of alkyl halides is 1. The van der Waals surface area contributed by atoms with Crippen LogP contribution in [0.25, 0.3) is 0 Å². The van der Waals surface area contributed by atoms with Gasteiger partial charge in [0, 0.05) is 19.5 Å². The lowest BCUT2D eigenvalue weighted by molar-refractivity contribution is -0.137. The second-order valence-corrected chi connectivity index (χ2v) is 3.39. The molecule has 5 heteroatoms. The van der Waals surface area contributed by atoms with Gasteiger partial charge < -0.3 is 5.32 Å². The Morgan fingerprint density at radius 2 is 2.29 bits per heavy atom. The van der Waals surface area contributed by atoms with E-state index in [2.05, 4.69) is 5.32 Å². The summed E-state index contributed by atoms with van der Waals surface area (Å²) in [5, 5.41) is 2.97. The summed E-state index contributed by atoms with van der Waals surface area (Å²) in [4.78, 5) is 23.6. The summed E-state index contributed by atoms with van der Waals surface area (Å²) in [5.74, 6) is 0.169. The lowest BCUT2D eigenvalue weighted by Gasteiger charge is -2.08. The van der Waals surface area contributed by atoms with Crippen molar-refractivity contribution in [2.75, 3.05) is 19.5 Å². The number of amides is 2. The number of nitrogens with one attached hydrogen (secondary N) is 1. The molecule has 1 N–H and O–H groups in total. The molecule has 1 atom stereocenters. The molecule has 0 aromatic carbocycles. The van der Waals surface area contributed by atoms with Crippen molar-refractivity contribution in [2.24, 2.45) is 0 Å². The van der Waals surface area contributed by atoms with E-state index in [1.54, 1.807) is 6.08 Å². The van der Waals surface area contributed by atoms with Gasteiger partial charge in [-0.1, -0.05) is 12.2 Å². The number of carbonyl (C=O) groups excluding carboxylic acids is 2. The van der Waals surface area contributed by atoms with Crippen LogP contribution in [0.1, 0.15) is 6.42 Å². The summed E-state index contributed by atoms with van der Waals surface area (Å²) in [6.07, 6.45) is 3.88. The monoisotopic (exact) mass is 216 g/mol. The summed E-state index contributed by atoms with van der Waals surface area (Å²) in [6, 6.07) is -0.368. The van der Waals surface area contributed by atoms with Crippen LogP contribution in [-0.2, 0) is 9.59 Å². The van der Waals surface area contributed by atoms with Gasteiger partial charge in [-0.3, -0.25) is 14.5 Å². The van der Waals surface area contributed by atoms with Crippen LogP contribution >= 0.6 is 11.6 Å². The summed E-state index contributed by atoms with van der Waals surface area (Å²) >= 11 is 5.43. The molecule has 0 aromatic heterocycles. The average Bonchev–Trinajstić information content (AvgIpc) is 2.41. The first-order valence-corrected chi connectivity index (χ1v) is 4.95. The molecule has 0 spiro atoms. The number of carbonyl (C=O) groups is 2. The number of hydrogen-bond acceptors (Lipinski definition) is 3. The zero-order chi connectivity index (χ0) is 10.6. The van der Waals surface area contributed by atoms with Gasteiger partial charge in [-0.15, -0.1) is 11.6 Å². The molecule has 0 saturated carbocycles. The van der Waals surface area contributed by atoms with E-state index in [4.69, 9.17) is 11.6 Å². The Morgan fingerprint density at radius 3 is 2.79 bits per heavy atom. The molecule has 78 valence electrons. The summed E-state index contributed by atoms with van der Waals surface area (Å²) in [7, 11) is 1.50. The highest BCUT2D eigenvalue weighted by molar-refractivity contribution is 6.18. The summed E-state index contributed by atoms with van der Waals surface area (Å²) in [6.45, 7) is 0.560. The molecule has 0 bridgehead atoms. The molecule has 1 unspecified atom stereocenters. The molecule has 0 radical (unpaired) electrons. The van der Waals surface area contributed by atoms with Crippen molar-refractivity contribution < 1.29 is 9.59 Å². The minimum Gasteiger partial charge on any atom is -0.302 e. The van der Waals surface area contributed by atoms with Crippen molar-refractivity contribution in [3.05, 3.63) is 12.2 Å². The van der Waals surface area contributed by atoms with E-state index in [1.807, 2.05) is 6.08 Å². The zero-order valence-corrected chi connectivity index (χ0v) is 8.75. The molecule has 4 nitrogen and oxygen atoms in total. The van der Waals surface area contributed by atoms with Gasteiger partial charge in [-0.25, -0.2) is 0 Å². The first kappa shape index (κ1) is 11.2. The van der Waals surface area contributed by atoms with Crippen molar-refractivity contribution in [3.63, 3.8) is 0 Å². The van der Waals surface area contributed by atoms with Crippen LogP contribution in [0.3, 0.4) is 0 Å². The maximum Gasteiger partial charge on any atom is 0.246 e. The van der Waals surface area contributed by atoms with Crippen molar-refractivity contribution in [1.29, 1.82) is 0 Å². The predicted molar refractivity (Wildman–Crippen MR) is 54.0 cm³/mol. The molecule has 1 fully saturated rings. The number of nitrogens with zero attached hydrogens (tertiary/aromatic N) is 1. The van der Waals surface area contributed by atoms with Gasteiger partial charge in [0.2, 0.25) is 11.8 Å². The lowest BCUT2D eigenvalue weighted by Crippen LogP contribution is -2.37. The third-order valence-corrected chi connectivity index (χ3v) is 2.30. The van der Waals surface area contributed by atoms with Crippen molar-refractivity contribution in [3.8, 4) is 0 Å². The third-order valence-electron chi connectivity index (χ3n) is 2.12. The topological polar surface area (TPSA) is 49.4 Å². The highest BCUT2D eigenvalue weighted by atomic mass is 35.5. The number of imide groups is 1. The van der Waals surface area contributed by atoms with Gasteiger partial charge in [-0.05, 0) is 0 Å². The molecule has 1 heterocycles. The van der Waals surface area contributed by atoms with Crippen molar-refractivity contribution in [1.82, 2.24) is 10.2 Å². The molecule has 1 rings (SSSR count). The molecule has 14 heavy (non-hydrogen) atoms. The highest BCUT2D eigenvalue weighted by Crippen LogP contribution is 2.09. The molecule has 1 saturated heterocycles. The lowest BCUT2D eigenvalue weighted by atomic mass is 10.2. The Hall–Kier alpha value is -0.870. The molecule has 2 amide bonds. The van der Waals surface area contributed by atoms with Crippen LogP contribution in [0.4, 0.5) is 0 Å². The maximum absolute atomic E-state index is 11.4. The number of rotatable bonds is 4. The molecule has 0 aromatic rings. The van der Waals surface area contributed by atoms with Crippen LogP contribution in [-0.4, -0.2) is 42.2 Å². The Morgan fingerprint density at radius 1 is 1.57 bits per heavy atom. The Balaban J connectivity index is 2.36. The van der Waals surface area contributed by atoms with Crippen LogP contribution in [0.2, 0.25) is 0 Å². The second-order valence-electron chi connectivity index (χ2n) is 3.08. The predicted octanol–water partition coefficient (Wildman–Crippen LogP) is 0.128. The SMILES string of the molecule is CN1C(=O)CC(NC/C=C/CCl)C1=O. The van der Waals surface area contributed by atoms with Crippen LogP contribution in [0, 0.1) is 0 Å². The van der Waals surface area contributed by atoms with Gasteiger partial charge in [0.1, 0.15) is 0 Å². The average molecular weight is 217 g/mol. The van der Waals surface area contributed by atoms with E-state index in [9.17, 15) is 9.59 Å². The largest absolute Gasteiger partial charge is 0.302 e. The van der Waals surface area contributed by atoms with Gasteiger partial charge >= 0.3 is 0 Å². The standard InChI is InChI=1S/C9H13ClN2O2/c1-12-8(13)6-7(9(12)14)11-5-3-2-4-10/h2-3,7,11H,4-6H2,1H3/b3-2+. The first-order valence-electron chi connectivity index (χ1n) is 4.41. The summed E-state index contributed by atoms with van der Waals surface area (Å²) < 4.78 is 0. The number of allylic oxidation sites excluding steroid dienone is 1. The molecular weight excluding hydrogens is 204 g/mol. The number of likely N-dealkylation sites (N-methyl/N-ethyl adjacent to an activating group) is 1. The van der Waals surface area contributed by atoms with Crippen LogP contribution in [0.15, 0.2) is 12.2 Å². The minimum absolute atomic E-state index is 0.131. The minimum atomic E-state index is -0.368. The quantitative estimate of drug-likeness (QED) is 0.413. The Labute approximate surface area is 87.9 Å². The number of likely N-dealkylation sites (tertiary alicyclic amines) is 1. The Bertz CT molecular complexity index is 266. The van der Waals surface area contributed by atoms with E-state index in [-0.39, 0.29) is 24.3 Å². The van der Waals surface area contributed by atoms with Gasteiger partial charge in [0.25, 0.3) is 0 Å².